The number of carboxylic acid groups (broad SMARTS) is 1. The quantitative estimate of drug-likeness (QED) is 0.235. The Kier molecular flexibility index (Phi) is 11.9. The molecule has 5 N–H and O–H groups in total. The Labute approximate surface area is 241 Å². The van der Waals surface area contributed by atoms with Crippen LogP contribution in [0.25, 0.3) is 0 Å². The number of nitrogens with one attached hydrogen (secondary N) is 4. The lowest BCUT2D eigenvalue weighted by Crippen LogP contribution is -2.56. The monoisotopic (exact) mass is 566 g/mol. The van der Waals surface area contributed by atoms with Gasteiger partial charge >= 0.3 is 5.97 Å². The summed E-state index contributed by atoms with van der Waals surface area (Å²) in [5, 5.41) is 21.2. The van der Waals surface area contributed by atoms with Crippen molar-refractivity contribution in [1.29, 1.82) is 0 Å². The van der Waals surface area contributed by atoms with Crippen molar-refractivity contribution in [1.82, 2.24) is 21.3 Å². The molecule has 0 aliphatic carbocycles. The van der Waals surface area contributed by atoms with E-state index in [4.69, 9.17) is 4.74 Å². The number of hydrogen-bond donors (Lipinski definition) is 5. The van der Waals surface area contributed by atoms with Crippen molar-refractivity contribution in [3.05, 3.63) is 71.8 Å². The van der Waals surface area contributed by atoms with Gasteiger partial charge in [0.05, 0.1) is 18.2 Å². The minimum Gasteiger partial charge on any atom is -0.480 e. The van der Waals surface area contributed by atoms with Crippen LogP contribution in [-0.4, -0.2) is 71.7 Å². The molecule has 2 aromatic rings. The van der Waals surface area contributed by atoms with Crippen LogP contribution in [0.4, 0.5) is 0 Å². The fourth-order valence-electron chi connectivity index (χ4n) is 4.60. The molecule has 0 spiro atoms. The molecule has 3 rings (SSSR count). The smallest absolute Gasteiger partial charge is 0.326 e. The molecule has 41 heavy (non-hydrogen) atoms. The molecule has 0 bridgehead atoms. The van der Waals surface area contributed by atoms with E-state index in [-0.39, 0.29) is 31.4 Å². The first kappa shape index (κ1) is 31.8. The van der Waals surface area contributed by atoms with E-state index in [0.29, 0.717) is 12.8 Å². The Bertz CT molecular complexity index is 1150. The number of aliphatic carboxylic acids is 1. The summed E-state index contributed by atoms with van der Waals surface area (Å²) in [6, 6.07) is 15.3. The Hall–Kier alpha value is -3.76. The molecule has 10 nitrogen and oxygen atoms in total. The summed E-state index contributed by atoms with van der Waals surface area (Å²) in [5.41, 5.74) is 1.14. The second-order valence-electron chi connectivity index (χ2n) is 11.4. The molecule has 2 aromatic carbocycles. The van der Waals surface area contributed by atoms with E-state index >= 15 is 0 Å². The topological polar surface area (TPSA) is 146 Å². The van der Waals surface area contributed by atoms with Gasteiger partial charge in [0.25, 0.3) is 0 Å². The predicted octanol–water partition coefficient (Wildman–Crippen LogP) is 1.97. The average molecular weight is 567 g/mol. The number of carbonyl (C=O) groups excluding carboxylic acids is 3. The number of benzene rings is 2. The minimum absolute atomic E-state index is 0.0454. The van der Waals surface area contributed by atoms with E-state index < -0.39 is 41.5 Å². The molecule has 0 radical (unpaired) electrons. The zero-order chi connectivity index (χ0) is 29.8. The second-order valence-corrected chi connectivity index (χ2v) is 11.4. The summed E-state index contributed by atoms with van der Waals surface area (Å²) < 4.78 is 5.85. The van der Waals surface area contributed by atoms with E-state index in [1.807, 2.05) is 69.3 Å². The fraction of sp³-hybridized carbons (Fsp3) is 0.484. The maximum Gasteiger partial charge on any atom is 0.326 e. The van der Waals surface area contributed by atoms with Gasteiger partial charge in [-0.2, -0.15) is 0 Å². The molecule has 10 heteroatoms. The summed E-state index contributed by atoms with van der Waals surface area (Å²) in [6.07, 6.45) is 1.88. The Morgan fingerprint density at radius 2 is 1.51 bits per heavy atom. The molecular formula is C31H42N4O6. The number of hydrogen-bond acceptors (Lipinski definition) is 6. The third kappa shape index (κ3) is 11.3. The molecule has 222 valence electrons. The largest absolute Gasteiger partial charge is 0.480 e. The van der Waals surface area contributed by atoms with Gasteiger partial charge < -0.3 is 31.1 Å². The van der Waals surface area contributed by atoms with Crippen LogP contribution in [0.3, 0.4) is 0 Å². The summed E-state index contributed by atoms with van der Waals surface area (Å²) in [4.78, 5) is 51.3. The number of rotatable bonds is 14. The van der Waals surface area contributed by atoms with Crippen LogP contribution in [0.2, 0.25) is 0 Å². The van der Waals surface area contributed by atoms with Crippen molar-refractivity contribution in [3.8, 4) is 0 Å². The molecule has 1 heterocycles. The number of amides is 3. The third-order valence-electron chi connectivity index (χ3n) is 6.71. The zero-order valence-corrected chi connectivity index (χ0v) is 24.0. The predicted molar refractivity (Wildman–Crippen MR) is 155 cm³/mol. The van der Waals surface area contributed by atoms with E-state index in [9.17, 15) is 24.3 Å². The average Bonchev–Trinajstić information content (AvgIpc) is 3.46. The SMILES string of the molecule is CC(C)(C)OCC(NC(=O)C1CCCN1)C(=O)NC(CC(=O)NC(Cc1ccccc1)C(=O)O)Cc1ccccc1. The van der Waals surface area contributed by atoms with Crippen LogP contribution < -0.4 is 21.3 Å². The number of carboxylic acids is 1. The Balaban J connectivity index is 1.72. The van der Waals surface area contributed by atoms with Crippen LogP contribution in [0, 0.1) is 0 Å². The maximum atomic E-state index is 13.5. The molecule has 1 aliphatic rings. The highest BCUT2D eigenvalue weighted by Crippen LogP contribution is 2.12. The van der Waals surface area contributed by atoms with Crippen LogP contribution in [0.1, 0.15) is 51.2 Å². The first-order chi connectivity index (χ1) is 19.5. The van der Waals surface area contributed by atoms with Gasteiger partial charge in [-0.15, -0.1) is 0 Å². The van der Waals surface area contributed by atoms with Gasteiger partial charge in [-0.25, -0.2) is 4.79 Å². The van der Waals surface area contributed by atoms with Crippen molar-refractivity contribution in [2.45, 2.75) is 82.6 Å². The molecule has 3 amide bonds. The van der Waals surface area contributed by atoms with Crippen molar-refractivity contribution in [2.24, 2.45) is 0 Å². The van der Waals surface area contributed by atoms with E-state index in [0.717, 1.165) is 24.1 Å². The Morgan fingerprint density at radius 3 is 2.05 bits per heavy atom. The third-order valence-corrected chi connectivity index (χ3v) is 6.71. The molecule has 4 atom stereocenters. The van der Waals surface area contributed by atoms with Crippen LogP contribution >= 0.6 is 0 Å². The second kappa shape index (κ2) is 15.3. The summed E-state index contributed by atoms with van der Waals surface area (Å²) >= 11 is 0. The summed E-state index contributed by atoms with van der Waals surface area (Å²) in [7, 11) is 0. The first-order valence-corrected chi connectivity index (χ1v) is 14.1. The lowest BCUT2D eigenvalue weighted by Gasteiger charge is -2.27. The normalized spacial score (nSPS) is 17.2. The van der Waals surface area contributed by atoms with Gasteiger partial charge in [0.1, 0.15) is 12.1 Å². The van der Waals surface area contributed by atoms with Crippen molar-refractivity contribution >= 4 is 23.7 Å². The number of ether oxygens (including phenoxy) is 1. The molecule has 0 saturated carbocycles. The molecule has 1 aliphatic heterocycles. The zero-order valence-electron chi connectivity index (χ0n) is 24.0. The van der Waals surface area contributed by atoms with E-state index in [1.54, 1.807) is 12.1 Å². The van der Waals surface area contributed by atoms with Gasteiger partial charge in [-0.3, -0.25) is 14.4 Å². The standard InChI is InChI=1S/C31H42N4O6/c1-31(2,3)41-20-26(35-28(37)24-15-10-16-32-24)29(38)33-23(17-21-11-6-4-7-12-21)19-27(36)34-25(30(39)40)18-22-13-8-5-9-14-22/h4-9,11-14,23-26,32H,10,15-20H2,1-3H3,(H,33,38)(H,34,36)(H,35,37)(H,39,40). The highest BCUT2D eigenvalue weighted by atomic mass is 16.5. The lowest BCUT2D eigenvalue weighted by molar-refractivity contribution is -0.142. The highest BCUT2D eigenvalue weighted by molar-refractivity contribution is 5.90. The van der Waals surface area contributed by atoms with Crippen molar-refractivity contribution in [2.75, 3.05) is 13.2 Å². The molecule has 1 fully saturated rings. The van der Waals surface area contributed by atoms with Gasteiger partial charge in [-0.1, -0.05) is 60.7 Å². The molecule has 0 aromatic heterocycles. The maximum absolute atomic E-state index is 13.5. The lowest BCUT2D eigenvalue weighted by atomic mass is 10.0. The van der Waals surface area contributed by atoms with Crippen molar-refractivity contribution in [3.63, 3.8) is 0 Å². The Morgan fingerprint density at radius 1 is 0.902 bits per heavy atom. The number of carbonyl (C=O) groups is 4. The van der Waals surface area contributed by atoms with Crippen LogP contribution in [-0.2, 0) is 36.8 Å². The van der Waals surface area contributed by atoms with E-state index in [1.165, 1.54) is 0 Å². The van der Waals surface area contributed by atoms with Gasteiger partial charge in [0.15, 0.2) is 0 Å². The van der Waals surface area contributed by atoms with Gasteiger partial charge in [0.2, 0.25) is 17.7 Å². The van der Waals surface area contributed by atoms with Gasteiger partial charge in [0, 0.05) is 18.9 Å². The molecule has 4 unspecified atom stereocenters. The first-order valence-electron chi connectivity index (χ1n) is 14.1. The van der Waals surface area contributed by atoms with E-state index in [2.05, 4.69) is 21.3 Å². The summed E-state index contributed by atoms with van der Waals surface area (Å²) in [6.45, 7) is 6.27. The molecule has 1 saturated heterocycles. The fourth-order valence-corrected chi connectivity index (χ4v) is 4.60. The van der Waals surface area contributed by atoms with Crippen LogP contribution in [0.5, 0.6) is 0 Å². The minimum atomic E-state index is -1.14. The molecular weight excluding hydrogens is 524 g/mol. The van der Waals surface area contributed by atoms with Gasteiger partial charge in [-0.05, 0) is 57.7 Å². The highest BCUT2D eigenvalue weighted by Gasteiger charge is 2.31. The van der Waals surface area contributed by atoms with Crippen LogP contribution in [0.15, 0.2) is 60.7 Å². The van der Waals surface area contributed by atoms with Crippen molar-refractivity contribution < 1.29 is 29.0 Å². The summed E-state index contributed by atoms with van der Waals surface area (Å²) in [5.74, 6) is -2.40.